The summed E-state index contributed by atoms with van der Waals surface area (Å²) in [6.07, 6.45) is -3.31. The van der Waals surface area contributed by atoms with E-state index >= 15 is 0 Å². The van der Waals surface area contributed by atoms with Crippen LogP contribution in [0.4, 0.5) is 13.2 Å². The normalized spacial score (nSPS) is 11.7. The molecular formula is C20H15F3N4OS. The van der Waals surface area contributed by atoms with Crippen molar-refractivity contribution in [1.82, 2.24) is 20.1 Å². The summed E-state index contributed by atoms with van der Waals surface area (Å²) in [5.74, 6) is -0.819. The van der Waals surface area contributed by atoms with Crippen molar-refractivity contribution in [2.24, 2.45) is 0 Å². The summed E-state index contributed by atoms with van der Waals surface area (Å²) < 4.78 is 42.7. The second-order valence-corrected chi connectivity index (χ2v) is 7.28. The Morgan fingerprint density at radius 1 is 1.07 bits per heavy atom. The Labute approximate surface area is 167 Å². The van der Waals surface area contributed by atoms with E-state index in [4.69, 9.17) is 0 Å². The van der Waals surface area contributed by atoms with Gasteiger partial charge in [-0.3, -0.25) is 4.79 Å². The molecule has 2 heterocycles. The Balaban J connectivity index is 1.61. The molecule has 0 unspecified atom stereocenters. The summed E-state index contributed by atoms with van der Waals surface area (Å²) in [6.45, 7) is 0.215. The maximum atomic E-state index is 13.8. The monoisotopic (exact) mass is 416 g/mol. The van der Waals surface area contributed by atoms with Gasteiger partial charge in [-0.05, 0) is 24.1 Å². The number of para-hydroxylation sites is 1. The lowest BCUT2D eigenvalue weighted by Gasteiger charge is -2.11. The van der Waals surface area contributed by atoms with Crippen LogP contribution in [0.15, 0.2) is 60.8 Å². The molecule has 4 rings (SSSR count). The minimum Gasteiger partial charge on any atom is -0.352 e. The Bertz CT molecular complexity index is 1120. The molecule has 0 aliphatic carbocycles. The van der Waals surface area contributed by atoms with E-state index in [0.717, 1.165) is 27.8 Å². The maximum Gasteiger partial charge on any atom is 0.434 e. The van der Waals surface area contributed by atoms with Crippen LogP contribution in [0.1, 0.15) is 21.6 Å². The van der Waals surface area contributed by atoms with Crippen molar-refractivity contribution < 1.29 is 18.0 Å². The van der Waals surface area contributed by atoms with Gasteiger partial charge in [0.1, 0.15) is 0 Å². The molecule has 4 aromatic rings. The van der Waals surface area contributed by atoms with E-state index in [9.17, 15) is 18.0 Å². The third kappa shape index (κ3) is 4.00. The Morgan fingerprint density at radius 2 is 1.79 bits per heavy atom. The van der Waals surface area contributed by atoms with Crippen LogP contribution in [0.3, 0.4) is 0 Å². The van der Waals surface area contributed by atoms with Crippen molar-refractivity contribution >= 4 is 27.5 Å². The van der Waals surface area contributed by atoms with Gasteiger partial charge < -0.3 is 5.32 Å². The molecule has 5 nitrogen and oxygen atoms in total. The third-order valence-corrected chi connectivity index (χ3v) is 5.30. The Kier molecular flexibility index (Phi) is 5.06. The number of amides is 1. The molecule has 0 spiro atoms. The molecule has 0 aliphatic rings. The van der Waals surface area contributed by atoms with E-state index in [0.29, 0.717) is 16.6 Å². The summed E-state index contributed by atoms with van der Waals surface area (Å²) in [5.41, 5.74) is -0.0995. The number of nitrogens with one attached hydrogen (secondary N) is 1. The zero-order chi connectivity index (χ0) is 20.4. The van der Waals surface area contributed by atoms with Crippen LogP contribution in [0.25, 0.3) is 15.3 Å². The lowest BCUT2D eigenvalue weighted by atomic mass is 10.1. The van der Waals surface area contributed by atoms with Crippen LogP contribution >= 0.6 is 11.3 Å². The fourth-order valence-corrected chi connectivity index (χ4v) is 3.87. The first kappa shape index (κ1) is 19.1. The van der Waals surface area contributed by atoms with Crippen molar-refractivity contribution in [3.8, 4) is 5.13 Å². The van der Waals surface area contributed by atoms with Crippen LogP contribution in [0.5, 0.6) is 0 Å². The van der Waals surface area contributed by atoms with E-state index in [2.05, 4.69) is 15.4 Å². The van der Waals surface area contributed by atoms with Gasteiger partial charge in [0.15, 0.2) is 5.69 Å². The van der Waals surface area contributed by atoms with Gasteiger partial charge in [-0.2, -0.15) is 18.3 Å². The summed E-state index contributed by atoms with van der Waals surface area (Å²) in [5, 5.41) is 6.42. The molecule has 0 atom stereocenters. The second-order valence-electron chi connectivity index (χ2n) is 6.27. The molecule has 0 fully saturated rings. The number of aromatic nitrogens is 3. The molecule has 29 heavy (non-hydrogen) atoms. The number of nitrogens with zero attached hydrogens (tertiary/aromatic N) is 3. The first-order chi connectivity index (χ1) is 13.9. The van der Waals surface area contributed by atoms with Crippen molar-refractivity contribution in [3.05, 3.63) is 77.6 Å². The number of carbonyl (C=O) groups is 1. The van der Waals surface area contributed by atoms with Crippen LogP contribution in [-0.4, -0.2) is 27.2 Å². The fourth-order valence-electron chi connectivity index (χ4n) is 2.94. The number of benzene rings is 2. The van der Waals surface area contributed by atoms with E-state index in [1.165, 1.54) is 0 Å². The summed E-state index contributed by atoms with van der Waals surface area (Å²) >= 11 is 1.08. The highest BCUT2D eigenvalue weighted by atomic mass is 32.1. The van der Waals surface area contributed by atoms with E-state index in [-0.39, 0.29) is 11.7 Å². The molecule has 148 valence electrons. The first-order valence-corrected chi connectivity index (χ1v) is 9.58. The first-order valence-electron chi connectivity index (χ1n) is 8.77. The SMILES string of the molecule is O=C(NCCc1ccccc1)c1cnn(-c2nc3ccccc3s2)c1C(F)(F)F. The summed E-state index contributed by atoms with van der Waals surface area (Å²) in [4.78, 5) is 16.7. The van der Waals surface area contributed by atoms with Gasteiger partial charge >= 0.3 is 6.18 Å². The molecule has 0 radical (unpaired) electrons. The molecule has 1 N–H and O–H groups in total. The van der Waals surface area contributed by atoms with Crippen molar-refractivity contribution in [1.29, 1.82) is 0 Å². The van der Waals surface area contributed by atoms with Crippen molar-refractivity contribution in [2.45, 2.75) is 12.6 Å². The van der Waals surface area contributed by atoms with Gasteiger partial charge in [-0.1, -0.05) is 53.8 Å². The van der Waals surface area contributed by atoms with Gasteiger partial charge in [0.05, 0.1) is 22.0 Å². The van der Waals surface area contributed by atoms with Crippen molar-refractivity contribution in [2.75, 3.05) is 6.54 Å². The zero-order valence-corrected chi connectivity index (χ0v) is 15.8. The smallest absolute Gasteiger partial charge is 0.352 e. The van der Waals surface area contributed by atoms with E-state index < -0.39 is 23.3 Å². The zero-order valence-electron chi connectivity index (χ0n) is 15.0. The number of alkyl halides is 3. The predicted octanol–water partition coefficient (Wildman–Crippen LogP) is 4.47. The number of hydrogen-bond donors (Lipinski definition) is 1. The number of rotatable bonds is 5. The average molecular weight is 416 g/mol. The Morgan fingerprint density at radius 3 is 2.52 bits per heavy atom. The fraction of sp³-hybridized carbons (Fsp3) is 0.150. The van der Waals surface area contributed by atoms with E-state index in [1.807, 2.05) is 30.3 Å². The van der Waals surface area contributed by atoms with Crippen LogP contribution in [0.2, 0.25) is 0 Å². The predicted molar refractivity (Wildman–Crippen MR) is 104 cm³/mol. The highest BCUT2D eigenvalue weighted by molar-refractivity contribution is 7.20. The van der Waals surface area contributed by atoms with Crippen LogP contribution in [-0.2, 0) is 12.6 Å². The summed E-state index contributed by atoms with van der Waals surface area (Å²) in [7, 11) is 0. The molecule has 0 saturated carbocycles. The number of carbonyl (C=O) groups excluding carboxylic acids is 1. The van der Waals surface area contributed by atoms with Gasteiger partial charge in [0.25, 0.3) is 5.91 Å². The van der Waals surface area contributed by atoms with Gasteiger partial charge in [-0.25, -0.2) is 9.67 Å². The minimum atomic E-state index is -4.76. The van der Waals surface area contributed by atoms with Gasteiger partial charge in [-0.15, -0.1) is 0 Å². The van der Waals surface area contributed by atoms with Gasteiger partial charge in [0.2, 0.25) is 5.13 Å². The number of halogens is 3. The molecule has 1 amide bonds. The van der Waals surface area contributed by atoms with Gasteiger partial charge in [0, 0.05) is 6.54 Å². The van der Waals surface area contributed by atoms with Crippen LogP contribution < -0.4 is 5.32 Å². The number of fused-ring (bicyclic) bond motifs is 1. The molecular weight excluding hydrogens is 401 g/mol. The highest BCUT2D eigenvalue weighted by Gasteiger charge is 2.41. The average Bonchev–Trinajstić information content (AvgIpc) is 3.32. The highest BCUT2D eigenvalue weighted by Crippen LogP contribution is 2.35. The second kappa shape index (κ2) is 7.67. The molecule has 2 aromatic carbocycles. The summed E-state index contributed by atoms with van der Waals surface area (Å²) in [6, 6.07) is 16.4. The largest absolute Gasteiger partial charge is 0.434 e. The number of thiazole rings is 1. The minimum absolute atomic E-state index is 0.0573. The topological polar surface area (TPSA) is 59.8 Å². The molecule has 0 saturated heterocycles. The lowest BCUT2D eigenvalue weighted by molar-refractivity contribution is -0.143. The standard InChI is InChI=1S/C20H15F3N4OS/c21-20(22,23)17-14(18(28)24-11-10-13-6-2-1-3-7-13)12-25-27(17)19-26-15-8-4-5-9-16(15)29-19/h1-9,12H,10-11H2,(H,24,28). The Hall–Kier alpha value is -3.20. The number of hydrogen-bond acceptors (Lipinski definition) is 4. The molecule has 9 heteroatoms. The quantitative estimate of drug-likeness (QED) is 0.522. The molecule has 0 aliphatic heterocycles. The molecule has 2 aromatic heterocycles. The van der Waals surface area contributed by atoms with Crippen LogP contribution in [0, 0.1) is 0 Å². The van der Waals surface area contributed by atoms with Crippen molar-refractivity contribution in [3.63, 3.8) is 0 Å². The maximum absolute atomic E-state index is 13.8. The third-order valence-electron chi connectivity index (χ3n) is 4.29. The lowest BCUT2D eigenvalue weighted by Crippen LogP contribution is -2.28. The van der Waals surface area contributed by atoms with E-state index in [1.54, 1.807) is 24.3 Å². The molecule has 0 bridgehead atoms.